The molecule has 0 unspecified atom stereocenters. The lowest BCUT2D eigenvalue weighted by atomic mass is 10.1. The number of rotatable bonds is 6. The Bertz CT molecular complexity index is 563. The predicted molar refractivity (Wildman–Crippen MR) is 82.8 cm³/mol. The number of benzene rings is 1. The summed E-state index contributed by atoms with van der Waals surface area (Å²) in [6, 6.07) is 6.56. The topological polar surface area (TPSA) is 42.7 Å². The predicted octanol–water partition coefficient (Wildman–Crippen LogP) is 3.02. The van der Waals surface area contributed by atoms with Crippen LogP contribution in [0.4, 0.5) is 0 Å². The lowest BCUT2D eigenvalue weighted by molar-refractivity contribution is 0.551. The van der Waals surface area contributed by atoms with Gasteiger partial charge in [0.05, 0.1) is 0 Å². The molecule has 0 aliphatic heterocycles. The van der Waals surface area contributed by atoms with Crippen LogP contribution < -0.4 is 5.32 Å². The van der Waals surface area contributed by atoms with E-state index >= 15 is 0 Å². The third-order valence-corrected chi connectivity index (χ3v) is 4.10. The zero-order valence-corrected chi connectivity index (χ0v) is 13.4. The Balaban J connectivity index is 2.00. The minimum Gasteiger partial charge on any atom is -0.312 e. The molecule has 0 spiro atoms. The summed E-state index contributed by atoms with van der Waals surface area (Å²) in [6.07, 6.45) is 1.58. The van der Waals surface area contributed by atoms with Crippen LogP contribution in [0, 0.1) is 12.8 Å². The average Bonchev–Trinajstić information content (AvgIpc) is 2.77. The van der Waals surface area contributed by atoms with Crippen molar-refractivity contribution in [1.82, 2.24) is 20.1 Å². The molecule has 0 saturated heterocycles. The van der Waals surface area contributed by atoms with Gasteiger partial charge in [-0.3, -0.25) is 0 Å². The van der Waals surface area contributed by atoms with E-state index in [2.05, 4.69) is 54.4 Å². The maximum absolute atomic E-state index is 4.23. The van der Waals surface area contributed by atoms with Gasteiger partial charge in [0.1, 0.15) is 6.33 Å². The van der Waals surface area contributed by atoms with Crippen molar-refractivity contribution in [2.75, 3.05) is 6.54 Å². The maximum atomic E-state index is 4.23. The number of nitrogens with zero attached hydrogens (tertiary/aromatic N) is 3. The average molecular weight is 290 g/mol. The van der Waals surface area contributed by atoms with E-state index in [1.807, 2.05) is 7.05 Å². The van der Waals surface area contributed by atoms with Crippen LogP contribution in [0.25, 0.3) is 0 Å². The first kappa shape index (κ1) is 15.1. The van der Waals surface area contributed by atoms with Crippen molar-refractivity contribution in [3.8, 4) is 0 Å². The molecule has 0 amide bonds. The van der Waals surface area contributed by atoms with Crippen LogP contribution >= 0.6 is 11.8 Å². The molecule has 108 valence electrons. The van der Waals surface area contributed by atoms with E-state index in [0.717, 1.165) is 18.2 Å². The lowest BCUT2D eigenvalue weighted by Gasteiger charge is -2.11. The molecule has 1 heterocycles. The molecule has 0 saturated carbocycles. The third kappa shape index (κ3) is 4.08. The molecule has 0 fully saturated rings. The van der Waals surface area contributed by atoms with Gasteiger partial charge in [0.15, 0.2) is 5.16 Å². The molecule has 1 N–H and O–H groups in total. The summed E-state index contributed by atoms with van der Waals surface area (Å²) in [5.41, 5.74) is 2.67. The van der Waals surface area contributed by atoms with Crippen molar-refractivity contribution in [1.29, 1.82) is 0 Å². The molecule has 1 aromatic heterocycles. The van der Waals surface area contributed by atoms with E-state index in [9.17, 15) is 0 Å². The van der Waals surface area contributed by atoms with E-state index in [-0.39, 0.29) is 0 Å². The normalized spacial score (nSPS) is 11.2. The van der Waals surface area contributed by atoms with Crippen molar-refractivity contribution in [2.45, 2.75) is 37.4 Å². The van der Waals surface area contributed by atoms with Gasteiger partial charge in [0.25, 0.3) is 0 Å². The fraction of sp³-hybridized carbons (Fsp3) is 0.467. The minimum atomic E-state index is 0.682. The molecule has 2 aromatic rings. The van der Waals surface area contributed by atoms with Crippen LogP contribution in [-0.2, 0) is 13.6 Å². The van der Waals surface area contributed by atoms with E-state index in [1.54, 1.807) is 22.8 Å². The van der Waals surface area contributed by atoms with Crippen LogP contribution in [0.2, 0.25) is 0 Å². The van der Waals surface area contributed by atoms with Gasteiger partial charge in [-0.05, 0) is 42.6 Å². The zero-order valence-electron chi connectivity index (χ0n) is 12.6. The Morgan fingerprint density at radius 3 is 2.75 bits per heavy atom. The number of aromatic nitrogens is 3. The molecule has 0 aliphatic rings. The quantitative estimate of drug-likeness (QED) is 0.888. The van der Waals surface area contributed by atoms with Gasteiger partial charge in [-0.2, -0.15) is 5.10 Å². The van der Waals surface area contributed by atoms with Crippen molar-refractivity contribution in [3.05, 3.63) is 35.7 Å². The highest BCUT2D eigenvalue weighted by atomic mass is 32.2. The molecule has 0 radical (unpaired) electrons. The fourth-order valence-corrected chi connectivity index (χ4v) is 2.77. The van der Waals surface area contributed by atoms with Crippen molar-refractivity contribution in [2.24, 2.45) is 13.0 Å². The first-order chi connectivity index (χ1) is 9.56. The summed E-state index contributed by atoms with van der Waals surface area (Å²) in [5.74, 6) is 0.682. The minimum absolute atomic E-state index is 0.682. The van der Waals surface area contributed by atoms with E-state index in [4.69, 9.17) is 0 Å². The second-order valence-corrected chi connectivity index (χ2v) is 6.42. The Hall–Kier alpha value is -1.33. The van der Waals surface area contributed by atoms with Crippen LogP contribution in [-0.4, -0.2) is 21.3 Å². The second kappa shape index (κ2) is 6.90. The molecule has 0 aliphatic carbocycles. The molecule has 0 atom stereocenters. The summed E-state index contributed by atoms with van der Waals surface area (Å²) in [6.45, 7) is 8.59. The monoisotopic (exact) mass is 290 g/mol. The van der Waals surface area contributed by atoms with Gasteiger partial charge in [-0.1, -0.05) is 31.7 Å². The molecule has 4 nitrogen and oxygen atoms in total. The zero-order chi connectivity index (χ0) is 14.5. The molecule has 20 heavy (non-hydrogen) atoms. The van der Waals surface area contributed by atoms with Crippen LogP contribution in [0.3, 0.4) is 0 Å². The third-order valence-electron chi connectivity index (χ3n) is 3.06. The van der Waals surface area contributed by atoms with Crippen molar-refractivity contribution < 1.29 is 0 Å². The van der Waals surface area contributed by atoms with Gasteiger partial charge in [0, 0.05) is 18.5 Å². The largest absolute Gasteiger partial charge is 0.312 e. The Morgan fingerprint density at radius 2 is 2.15 bits per heavy atom. The van der Waals surface area contributed by atoms with Crippen LogP contribution in [0.15, 0.2) is 34.6 Å². The fourth-order valence-electron chi connectivity index (χ4n) is 1.91. The van der Waals surface area contributed by atoms with Crippen LogP contribution in [0.1, 0.15) is 25.0 Å². The summed E-state index contributed by atoms with van der Waals surface area (Å²) < 4.78 is 1.79. The molecule has 0 bridgehead atoms. The smallest absolute Gasteiger partial charge is 0.190 e. The second-order valence-electron chi connectivity index (χ2n) is 5.38. The summed E-state index contributed by atoms with van der Waals surface area (Å²) in [5, 5.41) is 8.48. The molecule has 2 rings (SSSR count). The highest BCUT2D eigenvalue weighted by Gasteiger charge is 2.06. The summed E-state index contributed by atoms with van der Waals surface area (Å²) in [7, 11) is 1.91. The number of hydrogen-bond acceptors (Lipinski definition) is 4. The Kier molecular flexibility index (Phi) is 5.20. The van der Waals surface area contributed by atoms with Gasteiger partial charge in [0.2, 0.25) is 0 Å². The van der Waals surface area contributed by atoms with E-state index in [0.29, 0.717) is 5.92 Å². The van der Waals surface area contributed by atoms with Crippen LogP contribution in [0.5, 0.6) is 0 Å². The van der Waals surface area contributed by atoms with Gasteiger partial charge in [-0.15, -0.1) is 0 Å². The highest BCUT2D eigenvalue weighted by molar-refractivity contribution is 7.99. The van der Waals surface area contributed by atoms with Gasteiger partial charge >= 0.3 is 0 Å². The Morgan fingerprint density at radius 1 is 1.35 bits per heavy atom. The number of hydrogen-bond donors (Lipinski definition) is 1. The van der Waals surface area contributed by atoms with E-state index < -0.39 is 0 Å². The highest BCUT2D eigenvalue weighted by Crippen LogP contribution is 2.26. The standard InChI is InChI=1S/C15H22N4S/c1-11(2)8-16-9-13-5-6-14(7-12(13)3)20-15-17-10-18-19(15)4/h5-7,10-11,16H,8-9H2,1-4H3. The summed E-state index contributed by atoms with van der Waals surface area (Å²) in [4.78, 5) is 5.43. The van der Waals surface area contributed by atoms with E-state index in [1.165, 1.54) is 16.0 Å². The molecule has 5 heteroatoms. The molecular formula is C15H22N4S. The van der Waals surface area contributed by atoms with Crippen molar-refractivity contribution >= 4 is 11.8 Å². The molecule has 1 aromatic carbocycles. The first-order valence-electron chi connectivity index (χ1n) is 6.88. The van der Waals surface area contributed by atoms with Crippen molar-refractivity contribution in [3.63, 3.8) is 0 Å². The van der Waals surface area contributed by atoms with Gasteiger partial charge in [-0.25, -0.2) is 9.67 Å². The SMILES string of the molecule is Cc1cc(Sc2ncnn2C)ccc1CNCC(C)C. The summed E-state index contributed by atoms with van der Waals surface area (Å²) >= 11 is 1.64. The Labute approximate surface area is 125 Å². The maximum Gasteiger partial charge on any atom is 0.190 e. The number of nitrogens with one attached hydrogen (secondary N) is 1. The number of aryl methyl sites for hydroxylation is 2. The lowest BCUT2D eigenvalue weighted by Crippen LogP contribution is -2.19. The first-order valence-corrected chi connectivity index (χ1v) is 7.70. The van der Waals surface area contributed by atoms with Gasteiger partial charge < -0.3 is 5.32 Å². The molecular weight excluding hydrogens is 268 g/mol.